The van der Waals surface area contributed by atoms with Crippen LogP contribution in [0.25, 0.3) is 0 Å². The molecule has 1 fully saturated rings. The highest BCUT2D eigenvalue weighted by Crippen LogP contribution is 2.27. The number of anilines is 1. The van der Waals surface area contributed by atoms with E-state index in [1.807, 2.05) is 0 Å². The molecule has 1 aromatic carbocycles. The molecule has 0 aliphatic carbocycles. The monoisotopic (exact) mass is 351 g/mol. The highest BCUT2D eigenvalue weighted by molar-refractivity contribution is 7.88. The van der Waals surface area contributed by atoms with Crippen molar-refractivity contribution in [1.29, 1.82) is 0 Å². The number of para-hydroxylation sites is 1. The molecule has 0 spiro atoms. The molecule has 132 valence electrons. The first kappa shape index (κ1) is 17.2. The summed E-state index contributed by atoms with van der Waals surface area (Å²) in [6.07, 6.45) is 4.46. The van der Waals surface area contributed by atoms with Gasteiger partial charge in [-0.15, -0.1) is 0 Å². The molecule has 6 nitrogen and oxygen atoms in total. The number of hydrogen-bond donors (Lipinski definition) is 1. The lowest BCUT2D eigenvalue weighted by Gasteiger charge is -2.22. The van der Waals surface area contributed by atoms with Crippen molar-refractivity contribution in [2.75, 3.05) is 37.3 Å². The van der Waals surface area contributed by atoms with Gasteiger partial charge in [-0.2, -0.15) is 4.31 Å². The summed E-state index contributed by atoms with van der Waals surface area (Å²) in [5, 5.41) is 2.90. The Morgan fingerprint density at radius 3 is 2.88 bits per heavy atom. The summed E-state index contributed by atoms with van der Waals surface area (Å²) in [5.74, 6) is -0.167. The van der Waals surface area contributed by atoms with Gasteiger partial charge in [0.15, 0.2) is 0 Å². The van der Waals surface area contributed by atoms with Crippen molar-refractivity contribution in [2.24, 2.45) is 0 Å². The number of hydrogen-bond acceptors (Lipinski definition) is 4. The first-order chi connectivity index (χ1) is 11.5. The fourth-order valence-corrected chi connectivity index (χ4v) is 4.76. The van der Waals surface area contributed by atoms with Crippen LogP contribution in [-0.4, -0.2) is 57.1 Å². The zero-order valence-electron chi connectivity index (χ0n) is 14.1. The molecule has 2 aliphatic heterocycles. The van der Waals surface area contributed by atoms with Crippen LogP contribution >= 0.6 is 0 Å². The first-order valence-electron chi connectivity index (χ1n) is 8.54. The molecule has 1 aromatic rings. The number of benzene rings is 1. The third-order valence-electron chi connectivity index (χ3n) is 4.82. The van der Waals surface area contributed by atoms with E-state index in [1.165, 1.54) is 21.8 Å². The fraction of sp³-hybridized carbons (Fsp3) is 0.588. The molecule has 0 unspecified atom stereocenters. The Morgan fingerprint density at radius 1 is 1.29 bits per heavy atom. The van der Waals surface area contributed by atoms with Crippen LogP contribution in [0.4, 0.5) is 5.69 Å². The summed E-state index contributed by atoms with van der Waals surface area (Å²) < 4.78 is 24.7. The lowest BCUT2D eigenvalue weighted by molar-refractivity contribution is -0.124. The number of sulfonamides is 1. The Labute approximate surface area is 143 Å². The molecule has 24 heavy (non-hydrogen) atoms. The molecule has 3 rings (SSSR count). The van der Waals surface area contributed by atoms with Crippen molar-refractivity contribution in [2.45, 2.75) is 31.7 Å². The topological polar surface area (TPSA) is 69.7 Å². The molecule has 0 aromatic heterocycles. The molecule has 2 heterocycles. The first-order valence-corrected chi connectivity index (χ1v) is 10.4. The third kappa shape index (κ3) is 3.72. The summed E-state index contributed by atoms with van der Waals surface area (Å²) >= 11 is 0. The van der Waals surface area contributed by atoms with Gasteiger partial charge in [0.2, 0.25) is 15.9 Å². The third-order valence-corrected chi connectivity index (χ3v) is 6.11. The second kappa shape index (κ2) is 7.11. The highest BCUT2D eigenvalue weighted by Gasteiger charge is 2.36. The predicted molar refractivity (Wildman–Crippen MR) is 94.6 cm³/mol. The maximum Gasteiger partial charge on any atom is 0.238 e. The second-order valence-electron chi connectivity index (χ2n) is 6.54. The minimum absolute atomic E-state index is 0.167. The van der Waals surface area contributed by atoms with Gasteiger partial charge in [0.25, 0.3) is 0 Å². The van der Waals surface area contributed by atoms with Gasteiger partial charge in [-0.1, -0.05) is 18.2 Å². The summed E-state index contributed by atoms with van der Waals surface area (Å²) in [6.45, 7) is 2.95. The van der Waals surface area contributed by atoms with Gasteiger partial charge in [0.05, 0.1) is 6.26 Å². The standard InChI is InChI=1S/C17H25N3O3S/c1-24(22,23)20-12-4-8-16(20)17(21)18-10-5-11-19-13-9-14-6-2-3-7-15(14)19/h2-3,6-7,16H,4-5,8-13H2,1H3,(H,18,21)/t16-/m0/s1. The molecule has 0 saturated carbocycles. The van der Waals surface area contributed by atoms with Crippen LogP contribution in [-0.2, 0) is 21.2 Å². The summed E-state index contributed by atoms with van der Waals surface area (Å²) in [7, 11) is -3.31. The van der Waals surface area contributed by atoms with Crippen molar-refractivity contribution in [3.63, 3.8) is 0 Å². The van der Waals surface area contributed by atoms with E-state index in [0.717, 1.165) is 32.4 Å². The second-order valence-corrected chi connectivity index (χ2v) is 8.48. The van der Waals surface area contributed by atoms with Crippen molar-refractivity contribution in [1.82, 2.24) is 9.62 Å². The van der Waals surface area contributed by atoms with Gasteiger partial charge >= 0.3 is 0 Å². The molecule has 1 atom stereocenters. The van der Waals surface area contributed by atoms with Gasteiger partial charge in [0.1, 0.15) is 6.04 Å². The number of rotatable bonds is 6. The van der Waals surface area contributed by atoms with E-state index < -0.39 is 16.1 Å². The van der Waals surface area contributed by atoms with Crippen LogP contribution in [0.1, 0.15) is 24.8 Å². The number of nitrogens with one attached hydrogen (secondary N) is 1. The van der Waals surface area contributed by atoms with E-state index in [9.17, 15) is 13.2 Å². The summed E-state index contributed by atoms with van der Waals surface area (Å²) in [6, 6.07) is 7.89. The molecule has 0 radical (unpaired) electrons. The SMILES string of the molecule is CS(=O)(=O)N1CCC[C@H]1C(=O)NCCCN1CCc2ccccc21. The van der Waals surface area contributed by atoms with Gasteiger partial charge in [0, 0.05) is 31.9 Å². The Balaban J connectivity index is 1.45. The Hall–Kier alpha value is -1.60. The van der Waals surface area contributed by atoms with E-state index >= 15 is 0 Å². The van der Waals surface area contributed by atoms with E-state index in [2.05, 4.69) is 34.5 Å². The lowest BCUT2D eigenvalue weighted by atomic mass is 10.2. The normalized spacial score (nSPS) is 21.0. The van der Waals surface area contributed by atoms with Crippen LogP contribution < -0.4 is 10.2 Å². The minimum atomic E-state index is -3.31. The van der Waals surface area contributed by atoms with Crippen LogP contribution in [0.2, 0.25) is 0 Å². The van der Waals surface area contributed by atoms with Crippen molar-refractivity contribution in [3.8, 4) is 0 Å². The zero-order valence-corrected chi connectivity index (χ0v) is 14.9. The lowest BCUT2D eigenvalue weighted by Crippen LogP contribution is -2.46. The molecule has 1 amide bonds. The van der Waals surface area contributed by atoms with E-state index in [-0.39, 0.29) is 5.91 Å². The Kier molecular flexibility index (Phi) is 5.10. The molecule has 7 heteroatoms. The quantitative estimate of drug-likeness (QED) is 0.776. The van der Waals surface area contributed by atoms with Crippen molar-refractivity contribution < 1.29 is 13.2 Å². The molecule has 2 aliphatic rings. The van der Waals surface area contributed by atoms with Crippen molar-refractivity contribution in [3.05, 3.63) is 29.8 Å². The summed E-state index contributed by atoms with van der Waals surface area (Å²) in [4.78, 5) is 14.6. The fourth-order valence-electron chi connectivity index (χ4n) is 3.64. The van der Waals surface area contributed by atoms with Crippen molar-refractivity contribution >= 4 is 21.6 Å². The van der Waals surface area contributed by atoms with Gasteiger partial charge in [-0.05, 0) is 37.3 Å². The van der Waals surface area contributed by atoms with Gasteiger partial charge < -0.3 is 10.2 Å². The largest absolute Gasteiger partial charge is 0.371 e. The Morgan fingerprint density at radius 2 is 2.08 bits per heavy atom. The van der Waals surface area contributed by atoms with Gasteiger partial charge in [-0.3, -0.25) is 4.79 Å². The number of amides is 1. The molecule has 1 N–H and O–H groups in total. The van der Waals surface area contributed by atoms with E-state index in [1.54, 1.807) is 0 Å². The average Bonchev–Trinajstić information content (AvgIpc) is 3.18. The van der Waals surface area contributed by atoms with Gasteiger partial charge in [-0.25, -0.2) is 8.42 Å². The minimum Gasteiger partial charge on any atom is -0.371 e. The smallest absolute Gasteiger partial charge is 0.238 e. The molecular weight excluding hydrogens is 326 g/mol. The van der Waals surface area contributed by atoms with E-state index in [0.29, 0.717) is 19.5 Å². The number of nitrogens with zero attached hydrogens (tertiary/aromatic N) is 2. The van der Waals surface area contributed by atoms with E-state index in [4.69, 9.17) is 0 Å². The molecule has 0 bridgehead atoms. The predicted octanol–water partition coefficient (Wildman–Crippen LogP) is 0.979. The van der Waals surface area contributed by atoms with Crippen LogP contribution in [0, 0.1) is 0 Å². The Bertz CT molecular complexity index is 705. The maximum absolute atomic E-state index is 12.3. The number of carbonyl (C=O) groups is 1. The number of fused-ring (bicyclic) bond motifs is 1. The van der Waals surface area contributed by atoms with Crippen LogP contribution in [0.3, 0.4) is 0 Å². The van der Waals surface area contributed by atoms with Crippen LogP contribution in [0.5, 0.6) is 0 Å². The zero-order chi connectivity index (χ0) is 17.2. The highest BCUT2D eigenvalue weighted by atomic mass is 32.2. The number of carbonyl (C=O) groups excluding carboxylic acids is 1. The van der Waals surface area contributed by atoms with Crippen LogP contribution in [0.15, 0.2) is 24.3 Å². The average molecular weight is 351 g/mol. The summed E-state index contributed by atoms with van der Waals surface area (Å²) in [5.41, 5.74) is 2.68. The molecular formula is C17H25N3O3S. The molecule has 1 saturated heterocycles. The maximum atomic E-state index is 12.3.